The summed E-state index contributed by atoms with van der Waals surface area (Å²) in [7, 11) is 0. The van der Waals surface area contributed by atoms with Crippen molar-refractivity contribution in [2.24, 2.45) is 5.10 Å². The smallest absolute Gasteiger partial charge is 0.272 e. The molecule has 0 spiro atoms. The summed E-state index contributed by atoms with van der Waals surface area (Å²) in [4.78, 5) is 17.6. The van der Waals surface area contributed by atoms with Gasteiger partial charge in [0.25, 0.3) is 5.91 Å². The molecule has 0 unspecified atom stereocenters. The van der Waals surface area contributed by atoms with Gasteiger partial charge in [0.15, 0.2) is 0 Å². The van der Waals surface area contributed by atoms with Gasteiger partial charge in [0.2, 0.25) is 0 Å². The van der Waals surface area contributed by atoms with Gasteiger partial charge in [-0.3, -0.25) is 9.78 Å². The molecule has 2 aromatic rings. The second kappa shape index (κ2) is 7.65. The van der Waals surface area contributed by atoms with Crippen LogP contribution in [-0.4, -0.2) is 43.4 Å². The average Bonchev–Trinajstić information content (AvgIpc) is 2.63. The topological polar surface area (TPSA) is 66.8 Å². The fraction of sp³-hybridized carbons (Fsp3) is 0.235. The summed E-state index contributed by atoms with van der Waals surface area (Å²) < 4.78 is 19.5. The third-order valence-electron chi connectivity index (χ3n) is 3.63. The number of halogens is 1. The molecule has 1 saturated heterocycles. The Morgan fingerprint density at radius 2 is 2.17 bits per heavy atom. The largest absolute Gasteiger partial charge is 0.378 e. The van der Waals surface area contributed by atoms with Gasteiger partial charge in [0.1, 0.15) is 5.82 Å². The summed E-state index contributed by atoms with van der Waals surface area (Å²) in [5, 5.41) is 3.85. The van der Waals surface area contributed by atoms with Crippen molar-refractivity contribution in [1.82, 2.24) is 10.4 Å². The number of nitrogens with one attached hydrogen (secondary N) is 1. The van der Waals surface area contributed by atoms with Crippen molar-refractivity contribution < 1.29 is 13.9 Å². The lowest BCUT2D eigenvalue weighted by Crippen LogP contribution is -2.36. The fourth-order valence-electron chi connectivity index (χ4n) is 2.39. The maximum Gasteiger partial charge on any atom is 0.272 e. The number of nitrogens with zero attached hydrogens (tertiary/aromatic N) is 3. The maximum atomic E-state index is 14.2. The zero-order valence-electron chi connectivity index (χ0n) is 13.0. The Labute approximate surface area is 139 Å². The van der Waals surface area contributed by atoms with Crippen LogP contribution in [0.3, 0.4) is 0 Å². The van der Waals surface area contributed by atoms with E-state index in [0.29, 0.717) is 43.1 Å². The van der Waals surface area contributed by atoms with Crippen LogP contribution in [-0.2, 0) is 4.74 Å². The molecule has 0 atom stereocenters. The summed E-state index contributed by atoms with van der Waals surface area (Å²) in [5.74, 6) is -0.691. The zero-order valence-corrected chi connectivity index (χ0v) is 13.0. The van der Waals surface area contributed by atoms with Gasteiger partial charge in [-0.05, 0) is 29.8 Å². The molecule has 1 aliphatic rings. The molecule has 0 aliphatic carbocycles. The summed E-state index contributed by atoms with van der Waals surface area (Å²) in [6.07, 6.45) is 4.43. The minimum Gasteiger partial charge on any atom is -0.378 e. The Morgan fingerprint density at radius 3 is 2.88 bits per heavy atom. The van der Waals surface area contributed by atoms with Gasteiger partial charge in [0, 0.05) is 25.5 Å². The number of hydrogen-bond acceptors (Lipinski definition) is 5. The standard InChI is InChI=1S/C17H17FN4O2/c18-15-10-13(3-4-16(15)22-6-8-24-9-7-22)11-20-21-17(23)14-2-1-5-19-12-14/h1-5,10-12H,6-9H2,(H,21,23)/b20-11+. The van der Waals surface area contributed by atoms with Crippen LogP contribution >= 0.6 is 0 Å². The Bertz CT molecular complexity index is 731. The number of benzene rings is 1. The second-order valence-corrected chi connectivity index (χ2v) is 5.25. The third kappa shape index (κ3) is 3.94. The summed E-state index contributed by atoms with van der Waals surface area (Å²) in [5.41, 5.74) is 3.91. The number of anilines is 1. The van der Waals surface area contributed by atoms with Crippen LogP contribution in [0, 0.1) is 5.82 Å². The molecule has 0 radical (unpaired) electrons. The van der Waals surface area contributed by atoms with Gasteiger partial charge in [-0.25, -0.2) is 9.82 Å². The molecule has 1 aromatic carbocycles. The van der Waals surface area contributed by atoms with Crippen molar-refractivity contribution >= 4 is 17.8 Å². The second-order valence-electron chi connectivity index (χ2n) is 5.25. The highest BCUT2D eigenvalue weighted by Gasteiger charge is 2.14. The Hall–Kier alpha value is -2.80. The van der Waals surface area contributed by atoms with Crippen molar-refractivity contribution in [3.05, 3.63) is 59.7 Å². The van der Waals surface area contributed by atoms with Gasteiger partial charge in [0.05, 0.1) is 30.7 Å². The molecule has 1 fully saturated rings. The Kier molecular flexibility index (Phi) is 5.12. The van der Waals surface area contributed by atoms with Crippen LogP contribution in [0.25, 0.3) is 0 Å². The van der Waals surface area contributed by atoms with Crippen LogP contribution in [0.5, 0.6) is 0 Å². The molecule has 3 rings (SSSR count). The number of pyridine rings is 1. The van der Waals surface area contributed by atoms with Gasteiger partial charge in [-0.15, -0.1) is 0 Å². The minimum atomic E-state index is -0.371. The molecule has 2 heterocycles. The van der Waals surface area contributed by atoms with E-state index >= 15 is 0 Å². The lowest BCUT2D eigenvalue weighted by Gasteiger charge is -2.29. The first-order valence-electron chi connectivity index (χ1n) is 7.60. The SMILES string of the molecule is O=C(N/N=C/c1ccc(N2CCOCC2)c(F)c1)c1cccnc1. The van der Waals surface area contributed by atoms with E-state index in [0.717, 1.165) is 0 Å². The maximum absolute atomic E-state index is 14.2. The molecule has 0 saturated carbocycles. The molecule has 124 valence electrons. The van der Waals surface area contributed by atoms with Crippen LogP contribution < -0.4 is 10.3 Å². The summed E-state index contributed by atoms with van der Waals surface area (Å²) in [6.45, 7) is 2.54. The molecule has 1 aromatic heterocycles. The number of amides is 1. The lowest BCUT2D eigenvalue weighted by atomic mass is 10.2. The highest BCUT2D eigenvalue weighted by Crippen LogP contribution is 2.21. The predicted molar refractivity (Wildman–Crippen MR) is 88.7 cm³/mol. The number of hydrazone groups is 1. The quantitative estimate of drug-likeness (QED) is 0.687. The highest BCUT2D eigenvalue weighted by atomic mass is 19.1. The van der Waals surface area contributed by atoms with Crippen molar-refractivity contribution in [2.45, 2.75) is 0 Å². The van der Waals surface area contributed by atoms with E-state index in [4.69, 9.17) is 4.74 Å². The van der Waals surface area contributed by atoms with Crippen molar-refractivity contribution in [3.8, 4) is 0 Å². The number of morpholine rings is 1. The molecule has 24 heavy (non-hydrogen) atoms. The van der Waals surface area contributed by atoms with E-state index in [1.807, 2.05) is 4.90 Å². The molecule has 1 N–H and O–H groups in total. The van der Waals surface area contributed by atoms with E-state index < -0.39 is 0 Å². The fourth-order valence-corrected chi connectivity index (χ4v) is 2.39. The van der Waals surface area contributed by atoms with Gasteiger partial charge >= 0.3 is 0 Å². The minimum absolute atomic E-state index is 0.320. The van der Waals surface area contributed by atoms with Gasteiger partial charge in [-0.2, -0.15) is 5.10 Å². The molecular formula is C17H17FN4O2. The number of carbonyl (C=O) groups is 1. The monoisotopic (exact) mass is 328 g/mol. The van der Waals surface area contributed by atoms with Crippen molar-refractivity contribution in [3.63, 3.8) is 0 Å². The van der Waals surface area contributed by atoms with E-state index in [1.54, 1.807) is 30.5 Å². The lowest BCUT2D eigenvalue weighted by molar-refractivity contribution is 0.0954. The number of rotatable bonds is 4. The molecule has 6 nitrogen and oxygen atoms in total. The van der Waals surface area contributed by atoms with E-state index in [2.05, 4.69) is 15.5 Å². The molecule has 1 amide bonds. The molecular weight excluding hydrogens is 311 g/mol. The van der Waals surface area contributed by atoms with Gasteiger partial charge < -0.3 is 9.64 Å². The predicted octanol–water partition coefficient (Wildman–Crippen LogP) is 1.82. The van der Waals surface area contributed by atoms with E-state index in [1.165, 1.54) is 18.5 Å². The van der Waals surface area contributed by atoms with Gasteiger partial charge in [-0.1, -0.05) is 6.07 Å². The zero-order chi connectivity index (χ0) is 16.8. The molecule has 7 heteroatoms. The van der Waals surface area contributed by atoms with Crippen LogP contribution in [0.1, 0.15) is 15.9 Å². The van der Waals surface area contributed by atoms with E-state index in [9.17, 15) is 9.18 Å². The first kappa shape index (κ1) is 16.1. The average molecular weight is 328 g/mol. The number of hydrogen-bond donors (Lipinski definition) is 1. The normalized spacial score (nSPS) is 14.8. The van der Waals surface area contributed by atoms with Crippen LogP contribution in [0.4, 0.5) is 10.1 Å². The first-order chi connectivity index (χ1) is 11.7. The van der Waals surface area contributed by atoms with Crippen molar-refractivity contribution in [2.75, 3.05) is 31.2 Å². The summed E-state index contributed by atoms with van der Waals surface area (Å²) in [6, 6.07) is 8.16. The summed E-state index contributed by atoms with van der Waals surface area (Å²) >= 11 is 0. The van der Waals surface area contributed by atoms with E-state index in [-0.39, 0.29) is 11.7 Å². The first-order valence-corrected chi connectivity index (χ1v) is 7.60. The number of aromatic nitrogens is 1. The molecule has 0 bridgehead atoms. The number of carbonyl (C=O) groups excluding carboxylic acids is 1. The number of ether oxygens (including phenoxy) is 1. The van der Waals surface area contributed by atoms with Crippen LogP contribution in [0.15, 0.2) is 47.8 Å². The molecule has 1 aliphatic heterocycles. The Balaban J connectivity index is 1.63. The highest BCUT2D eigenvalue weighted by molar-refractivity contribution is 5.94. The van der Waals surface area contributed by atoms with Crippen molar-refractivity contribution in [1.29, 1.82) is 0 Å². The van der Waals surface area contributed by atoms with Crippen LogP contribution in [0.2, 0.25) is 0 Å². The Morgan fingerprint density at radius 1 is 1.33 bits per heavy atom. The third-order valence-corrected chi connectivity index (χ3v) is 3.63.